The van der Waals surface area contributed by atoms with Gasteiger partial charge in [-0.3, -0.25) is 0 Å². The molecule has 22 heavy (non-hydrogen) atoms. The van der Waals surface area contributed by atoms with Crippen LogP contribution < -0.4 is 10.1 Å². The molecule has 1 aliphatic rings. The molecule has 1 N–H and O–H groups in total. The van der Waals surface area contributed by atoms with Crippen LogP contribution in [-0.4, -0.2) is 45.5 Å². The van der Waals surface area contributed by atoms with E-state index in [0.717, 1.165) is 31.5 Å². The Balaban J connectivity index is 0.00000242. The number of sulfonamides is 1. The summed E-state index contributed by atoms with van der Waals surface area (Å²) < 4.78 is 32.3. The molecule has 126 valence electrons. The van der Waals surface area contributed by atoms with Crippen molar-refractivity contribution in [2.75, 3.05) is 26.7 Å². The number of hydrogen-bond donors (Lipinski definition) is 1. The summed E-state index contributed by atoms with van der Waals surface area (Å²) in [6.07, 6.45) is 1.71. The van der Waals surface area contributed by atoms with E-state index in [1.807, 2.05) is 25.1 Å². The van der Waals surface area contributed by atoms with Crippen LogP contribution >= 0.6 is 12.4 Å². The molecule has 5 nitrogen and oxygen atoms in total. The Labute approximate surface area is 139 Å². The number of rotatable bonds is 7. The summed E-state index contributed by atoms with van der Waals surface area (Å²) in [6, 6.07) is 7.35. The molecule has 0 saturated carbocycles. The second-order valence-corrected chi connectivity index (χ2v) is 7.29. The van der Waals surface area contributed by atoms with Gasteiger partial charge in [0.05, 0.1) is 12.9 Å². The number of halogens is 1. The summed E-state index contributed by atoms with van der Waals surface area (Å²) in [5, 5.41) is 3.24. The highest BCUT2D eigenvalue weighted by molar-refractivity contribution is 7.88. The molecule has 1 atom stereocenters. The number of nitrogens with zero attached hydrogens (tertiary/aromatic N) is 1. The molecule has 0 radical (unpaired) electrons. The summed E-state index contributed by atoms with van der Waals surface area (Å²) in [5.41, 5.74) is 0.765. The lowest BCUT2D eigenvalue weighted by Gasteiger charge is -2.27. The number of benzene rings is 1. The first-order chi connectivity index (χ1) is 10.1. The molecular weight excluding hydrogens is 324 g/mol. The van der Waals surface area contributed by atoms with Gasteiger partial charge < -0.3 is 10.1 Å². The average Bonchev–Trinajstić information content (AvgIpc) is 2.98. The minimum Gasteiger partial charge on any atom is -0.497 e. The van der Waals surface area contributed by atoms with Crippen LogP contribution in [0.25, 0.3) is 0 Å². The first kappa shape index (κ1) is 19.2. The van der Waals surface area contributed by atoms with E-state index >= 15 is 0 Å². The standard InChI is InChI=1S/C15H24N2O3S.ClH/c1-3-9-17(14-7-8-16-11-14)21(18,19)12-13-5-4-6-15(10-13)20-2;/h4-6,10,14,16H,3,7-9,11-12H2,1-2H3;1H. The lowest BCUT2D eigenvalue weighted by molar-refractivity contribution is 0.334. The lowest BCUT2D eigenvalue weighted by Crippen LogP contribution is -2.42. The Hall–Kier alpha value is -0.820. The highest BCUT2D eigenvalue weighted by Crippen LogP contribution is 2.20. The van der Waals surface area contributed by atoms with Gasteiger partial charge in [0, 0.05) is 19.1 Å². The highest BCUT2D eigenvalue weighted by atomic mass is 35.5. The first-order valence-corrected chi connectivity index (χ1v) is 9.01. The highest BCUT2D eigenvalue weighted by Gasteiger charge is 2.31. The summed E-state index contributed by atoms with van der Waals surface area (Å²) in [5.74, 6) is 0.716. The molecule has 2 rings (SSSR count). The fourth-order valence-electron chi connectivity index (χ4n) is 2.71. The molecule has 1 fully saturated rings. The van der Waals surface area contributed by atoms with Crippen molar-refractivity contribution >= 4 is 22.4 Å². The third-order valence-corrected chi connectivity index (χ3v) is 5.62. The Bertz CT molecular complexity index is 560. The molecule has 1 heterocycles. The summed E-state index contributed by atoms with van der Waals surface area (Å²) >= 11 is 0. The molecule has 0 bridgehead atoms. The van der Waals surface area contributed by atoms with Crippen molar-refractivity contribution in [2.45, 2.75) is 31.6 Å². The van der Waals surface area contributed by atoms with Crippen molar-refractivity contribution in [1.29, 1.82) is 0 Å². The van der Waals surface area contributed by atoms with E-state index in [9.17, 15) is 8.42 Å². The maximum Gasteiger partial charge on any atom is 0.218 e. The molecule has 1 saturated heterocycles. The third kappa shape index (κ3) is 4.84. The van der Waals surface area contributed by atoms with Gasteiger partial charge in [-0.15, -0.1) is 12.4 Å². The molecule has 7 heteroatoms. The number of hydrogen-bond acceptors (Lipinski definition) is 4. The largest absolute Gasteiger partial charge is 0.497 e. The van der Waals surface area contributed by atoms with Crippen LogP contribution in [0.5, 0.6) is 5.75 Å². The zero-order valence-corrected chi connectivity index (χ0v) is 14.8. The second kappa shape index (κ2) is 8.72. The average molecular weight is 349 g/mol. The maximum absolute atomic E-state index is 12.7. The molecule has 1 unspecified atom stereocenters. The van der Waals surface area contributed by atoms with Crippen LogP contribution in [0.1, 0.15) is 25.3 Å². The van der Waals surface area contributed by atoms with E-state index in [0.29, 0.717) is 12.3 Å². The number of nitrogens with one attached hydrogen (secondary N) is 1. The third-order valence-electron chi connectivity index (χ3n) is 3.73. The minimum atomic E-state index is -3.31. The van der Waals surface area contributed by atoms with E-state index in [1.165, 1.54) is 0 Å². The van der Waals surface area contributed by atoms with Gasteiger partial charge in [-0.2, -0.15) is 4.31 Å². The zero-order chi connectivity index (χ0) is 15.3. The predicted molar refractivity (Wildman–Crippen MR) is 91.1 cm³/mol. The summed E-state index contributed by atoms with van der Waals surface area (Å²) in [6.45, 7) is 4.23. The summed E-state index contributed by atoms with van der Waals surface area (Å²) in [4.78, 5) is 0. The lowest BCUT2D eigenvalue weighted by atomic mass is 10.2. The number of ether oxygens (including phenoxy) is 1. The zero-order valence-electron chi connectivity index (χ0n) is 13.1. The topological polar surface area (TPSA) is 58.6 Å². The van der Waals surface area contributed by atoms with Crippen molar-refractivity contribution in [3.8, 4) is 5.75 Å². The van der Waals surface area contributed by atoms with E-state index in [1.54, 1.807) is 17.5 Å². The quantitative estimate of drug-likeness (QED) is 0.819. The Morgan fingerprint density at radius 2 is 2.18 bits per heavy atom. The smallest absolute Gasteiger partial charge is 0.218 e. The second-order valence-electron chi connectivity index (χ2n) is 5.37. The van der Waals surface area contributed by atoms with Gasteiger partial charge in [0.1, 0.15) is 5.75 Å². The molecule has 0 amide bonds. The molecule has 0 spiro atoms. The van der Waals surface area contributed by atoms with Gasteiger partial charge in [-0.1, -0.05) is 19.1 Å². The van der Waals surface area contributed by atoms with Gasteiger partial charge in [-0.05, 0) is 37.1 Å². The van der Waals surface area contributed by atoms with Crippen LogP contribution in [0.2, 0.25) is 0 Å². The van der Waals surface area contributed by atoms with Crippen LogP contribution in [-0.2, 0) is 15.8 Å². The van der Waals surface area contributed by atoms with Gasteiger partial charge in [-0.25, -0.2) is 8.42 Å². The fraction of sp³-hybridized carbons (Fsp3) is 0.600. The predicted octanol–water partition coefficient (Wildman–Crippen LogP) is 2.02. The van der Waals surface area contributed by atoms with Crippen LogP contribution in [0.15, 0.2) is 24.3 Å². The van der Waals surface area contributed by atoms with Crippen LogP contribution in [0.3, 0.4) is 0 Å². The van der Waals surface area contributed by atoms with Gasteiger partial charge in [0.2, 0.25) is 10.0 Å². The first-order valence-electron chi connectivity index (χ1n) is 7.40. The monoisotopic (exact) mass is 348 g/mol. The molecule has 1 aromatic carbocycles. The van der Waals surface area contributed by atoms with Gasteiger partial charge in [0.25, 0.3) is 0 Å². The summed E-state index contributed by atoms with van der Waals surface area (Å²) in [7, 11) is -1.72. The minimum absolute atomic E-state index is 0. The molecule has 0 aliphatic carbocycles. The van der Waals surface area contributed by atoms with Crippen LogP contribution in [0.4, 0.5) is 0 Å². The fourth-order valence-corrected chi connectivity index (χ4v) is 4.57. The number of methoxy groups -OCH3 is 1. The molecular formula is C15H25ClN2O3S. The van der Waals surface area contributed by atoms with Crippen molar-refractivity contribution in [1.82, 2.24) is 9.62 Å². The SMILES string of the molecule is CCCN(C1CCNC1)S(=O)(=O)Cc1cccc(OC)c1.Cl. The molecule has 1 aliphatic heterocycles. The van der Waals surface area contributed by atoms with Crippen molar-refractivity contribution in [3.05, 3.63) is 29.8 Å². The van der Waals surface area contributed by atoms with E-state index < -0.39 is 10.0 Å². The van der Waals surface area contributed by atoms with Gasteiger partial charge in [0.15, 0.2) is 0 Å². The Morgan fingerprint density at radius 1 is 1.41 bits per heavy atom. The van der Waals surface area contributed by atoms with Gasteiger partial charge >= 0.3 is 0 Å². The maximum atomic E-state index is 12.7. The Morgan fingerprint density at radius 3 is 2.77 bits per heavy atom. The van der Waals surface area contributed by atoms with E-state index in [-0.39, 0.29) is 24.2 Å². The van der Waals surface area contributed by atoms with Crippen molar-refractivity contribution in [3.63, 3.8) is 0 Å². The normalized spacial score (nSPS) is 18.2. The Kier molecular flexibility index (Phi) is 7.62. The molecule has 1 aromatic rings. The van der Waals surface area contributed by atoms with Crippen molar-refractivity contribution in [2.24, 2.45) is 0 Å². The van der Waals surface area contributed by atoms with Crippen molar-refractivity contribution < 1.29 is 13.2 Å². The van der Waals surface area contributed by atoms with E-state index in [2.05, 4.69) is 5.32 Å². The molecule has 0 aromatic heterocycles. The van der Waals surface area contributed by atoms with E-state index in [4.69, 9.17) is 4.74 Å². The van der Waals surface area contributed by atoms with Crippen LogP contribution in [0, 0.1) is 0 Å².